The second-order valence-corrected chi connectivity index (χ2v) is 20.7. The number of aliphatic carboxylic acids is 2. The SMILES string of the molecule is CC1(C)C(/C=C/C2=C(SCCC(=O)Nc3ccn([C@@H]4O[C@H](CO)[C@@H](O)C4(F)F)c(=O)n3)C(=C/C=C3/N(CCCCCC(=O)O)c4ccccc4C3(C)C)/CCC2)=[N+](CCCCCC(=O)O)c2ccccc21. The van der Waals surface area contributed by atoms with Gasteiger partial charge in [-0.05, 0) is 93.7 Å². The van der Waals surface area contributed by atoms with Crippen LogP contribution in [0.4, 0.5) is 26.0 Å². The van der Waals surface area contributed by atoms with Crippen LogP contribution < -0.4 is 15.9 Å². The number of aromatic nitrogens is 2. The summed E-state index contributed by atoms with van der Waals surface area (Å²) in [5.74, 6) is -5.68. The number of nitrogens with one attached hydrogen (secondary N) is 1. The van der Waals surface area contributed by atoms with Gasteiger partial charge < -0.3 is 35.4 Å². The van der Waals surface area contributed by atoms with Gasteiger partial charge in [-0.3, -0.25) is 19.0 Å². The smallest absolute Gasteiger partial charge is 0.351 e. The Balaban J connectivity index is 1.18. The summed E-state index contributed by atoms with van der Waals surface area (Å²) in [7, 11) is 0. The largest absolute Gasteiger partial charge is 0.481 e. The highest BCUT2D eigenvalue weighted by molar-refractivity contribution is 8.03. The van der Waals surface area contributed by atoms with Gasteiger partial charge in [-0.15, -0.1) is 11.8 Å². The number of halogens is 2. The Hall–Kier alpha value is -5.75. The molecule has 14 nitrogen and oxygen atoms in total. The van der Waals surface area contributed by atoms with E-state index in [1.165, 1.54) is 17.2 Å². The highest BCUT2D eigenvalue weighted by Crippen LogP contribution is 2.49. The molecular weight excluding hydrogens is 933 g/mol. The number of ether oxygens (including phenoxy) is 1. The van der Waals surface area contributed by atoms with Crippen molar-refractivity contribution in [2.75, 3.05) is 35.7 Å². The molecule has 0 spiro atoms. The molecule has 3 aromatic rings. The summed E-state index contributed by atoms with van der Waals surface area (Å²) < 4.78 is 37.6. The van der Waals surface area contributed by atoms with Crippen LogP contribution in [0.5, 0.6) is 0 Å². The number of carboxylic acids is 2. The number of fused-ring (bicyclic) bond motifs is 2. The summed E-state index contributed by atoms with van der Waals surface area (Å²) in [5.41, 5.74) is 7.46. The molecule has 7 rings (SSSR count). The van der Waals surface area contributed by atoms with Gasteiger partial charge in [-0.25, -0.2) is 4.79 Å². The van der Waals surface area contributed by atoms with Gasteiger partial charge in [0.1, 0.15) is 18.5 Å². The number of anilines is 2. The lowest BCUT2D eigenvalue weighted by Gasteiger charge is -2.27. The van der Waals surface area contributed by atoms with Gasteiger partial charge in [0.05, 0.1) is 12.0 Å². The summed E-state index contributed by atoms with van der Waals surface area (Å²) in [6.07, 6.45) is 11.0. The van der Waals surface area contributed by atoms with E-state index in [-0.39, 0.29) is 35.9 Å². The molecule has 0 unspecified atom stereocenters. The van der Waals surface area contributed by atoms with Crippen LogP contribution in [0.15, 0.2) is 112 Å². The van der Waals surface area contributed by atoms with Crippen molar-refractivity contribution in [2.45, 2.75) is 140 Å². The molecule has 4 aliphatic rings. The molecular formula is C54H66F2N5O9S+. The van der Waals surface area contributed by atoms with Gasteiger partial charge in [0.15, 0.2) is 11.8 Å². The monoisotopic (exact) mass is 998 g/mol. The van der Waals surface area contributed by atoms with E-state index in [0.29, 0.717) is 23.2 Å². The topological polar surface area (TPSA) is 195 Å². The average molecular weight is 999 g/mol. The lowest BCUT2D eigenvalue weighted by molar-refractivity contribution is -0.438. The molecule has 3 atom stereocenters. The maximum atomic E-state index is 14.8. The first-order chi connectivity index (χ1) is 33.9. The molecule has 1 aliphatic carbocycles. The number of hydrogen-bond acceptors (Lipinski definition) is 10. The molecule has 0 saturated carbocycles. The summed E-state index contributed by atoms with van der Waals surface area (Å²) in [4.78, 5) is 56.0. The quantitative estimate of drug-likeness (QED) is 0.0474. The minimum atomic E-state index is -3.88. The maximum absolute atomic E-state index is 14.8. The minimum absolute atomic E-state index is 0.0336. The molecule has 1 saturated heterocycles. The molecule has 71 heavy (non-hydrogen) atoms. The number of amides is 1. The second kappa shape index (κ2) is 22.8. The predicted molar refractivity (Wildman–Crippen MR) is 271 cm³/mol. The number of aliphatic hydroxyl groups is 2. The Labute approximate surface area is 417 Å². The van der Waals surface area contributed by atoms with Crippen molar-refractivity contribution >= 4 is 52.5 Å². The number of thioether (sulfide) groups is 1. The highest BCUT2D eigenvalue weighted by Gasteiger charge is 2.59. The Morgan fingerprint density at radius 3 is 2.25 bits per heavy atom. The number of hydrogen-bond donors (Lipinski definition) is 5. The lowest BCUT2D eigenvalue weighted by atomic mass is 9.81. The third kappa shape index (κ3) is 11.8. The standard InChI is InChI=1S/C54H65F2N5O9S/c1-52(2)37-18-9-11-20-39(37)59(30-13-5-7-22-46(64)65)42(52)26-24-35-16-15-17-36(25-27-43-53(3,4)38-19-10-12-21-40(38)60(43)31-14-6-8-23-47(66)67)48(35)71-33-29-45(63)57-44-28-32-61(51(69)58-44)50-54(55,56)49(68)41(34-62)70-50/h9-12,18-21,24-28,32,41,49-50,62,68H,5-8,13-17,22-23,29-31,33-34H2,1-4H3,(H2-,57,58,63,64,65,66,67,69)/p+1/t41-,49-,50-/m1/s1. The molecule has 17 heteroatoms. The number of carboxylic acid groups (broad SMARTS) is 2. The number of carbonyl (C=O) groups is 3. The van der Waals surface area contributed by atoms with Crippen LogP contribution in [0.2, 0.25) is 0 Å². The van der Waals surface area contributed by atoms with Gasteiger partial charge in [0.2, 0.25) is 17.8 Å². The van der Waals surface area contributed by atoms with E-state index in [9.17, 15) is 48.4 Å². The Bertz CT molecular complexity index is 2710. The van der Waals surface area contributed by atoms with Crippen molar-refractivity contribution in [2.24, 2.45) is 0 Å². The zero-order valence-electron chi connectivity index (χ0n) is 40.9. The van der Waals surface area contributed by atoms with Crippen molar-refractivity contribution in [3.05, 3.63) is 128 Å². The molecule has 2 aromatic carbocycles. The normalized spacial score (nSPS) is 22.2. The number of allylic oxidation sites excluding steroid dienone is 7. The average Bonchev–Trinajstić information content (AvgIpc) is 3.79. The molecule has 380 valence electrons. The lowest BCUT2D eigenvalue weighted by Crippen LogP contribution is -2.41. The van der Waals surface area contributed by atoms with Crippen molar-refractivity contribution < 1.29 is 52.9 Å². The van der Waals surface area contributed by atoms with Crippen LogP contribution in [0.25, 0.3) is 0 Å². The summed E-state index contributed by atoms with van der Waals surface area (Å²) in [6, 6.07) is 18.0. The first-order valence-corrected chi connectivity index (χ1v) is 25.6. The molecule has 1 aromatic heterocycles. The molecule has 1 fully saturated rings. The van der Waals surface area contributed by atoms with Gasteiger partial charge in [0.25, 0.3) is 0 Å². The fourth-order valence-electron chi connectivity index (χ4n) is 10.2. The molecule has 5 N–H and O–H groups in total. The van der Waals surface area contributed by atoms with E-state index in [4.69, 9.17) is 4.74 Å². The fraction of sp³-hybridized carbons (Fsp3) is 0.481. The number of benzene rings is 2. The zero-order valence-corrected chi connectivity index (χ0v) is 41.7. The number of carbonyl (C=O) groups excluding carboxylic acids is 1. The number of aliphatic hydroxyl groups excluding tert-OH is 2. The van der Waals surface area contributed by atoms with Crippen LogP contribution in [-0.2, 0) is 30.0 Å². The van der Waals surface area contributed by atoms with Crippen molar-refractivity contribution in [1.29, 1.82) is 0 Å². The zero-order chi connectivity index (χ0) is 51.1. The third-order valence-corrected chi connectivity index (χ3v) is 15.2. The van der Waals surface area contributed by atoms with Gasteiger partial charge in [0, 0.05) is 83.6 Å². The van der Waals surface area contributed by atoms with Crippen LogP contribution in [0.1, 0.15) is 122 Å². The van der Waals surface area contributed by atoms with Crippen LogP contribution in [0.3, 0.4) is 0 Å². The minimum Gasteiger partial charge on any atom is -0.481 e. The number of unbranched alkanes of at least 4 members (excludes halogenated alkanes) is 4. The van der Waals surface area contributed by atoms with Crippen LogP contribution >= 0.6 is 11.8 Å². The number of nitrogens with zero attached hydrogens (tertiary/aromatic N) is 4. The number of alkyl halides is 2. The predicted octanol–water partition coefficient (Wildman–Crippen LogP) is 9.16. The van der Waals surface area contributed by atoms with E-state index in [1.807, 2.05) is 12.1 Å². The second-order valence-electron chi connectivity index (χ2n) is 19.6. The highest BCUT2D eigenvalue weighted by atomic mass is 32.2. The van der Waals surface area contributed by atoms with E-state index in [2.05, 4.69) is 108 Å². The van der Waals surface area contributed by atoms with Gasteiger partial charge in [-0.2, -0.15) is 18.3 Å². The molecule has 0 bridgehead atoms. The first kappa shape index (κ1) is 53.1. The van der Waals surface area contributed by atoms with E-state index < -0.39 is 54.5 Å². The van der Waals surface area contributed by atoms with Gasteiger partial charge in [-0.1, -0.05) is 68.8 Å². The van der Waals surface area contributed by atoms with E-state index in [0.717, 1.165) is 103 Å². The van der Waals surface area contributed by atoms with Gasteiger partial charge >= 0.3 is 23.6 Å². The summed E-state index contributed by atoms with van der Waals surface area (Å²) in [5, 5.41) is 40.4. The Morgan fingerprint density at radius 2 is 1.56 bits per heavy atom. The molecule has 1 amide bonds. The number of rotatable bonds is 22. The fourth-order valence-corrected chi connectivity index (χ4v) is 11.4. The molecule has 0 radical (unpaired) electrons. The Morgan fingerprint density at radius 1 is 0.873 bits per heavy atom. The van der Waals surface area contributed by atoms with Crippen molar-refractivity contribution in [3.63, 3.8) is 0 Å². The third-order valence-electron chi connectivity index (χ3n) is 14.0. The summed E-state index contributed by atoms with van der Waals surface area (Å²) in [6.45, 7) is 9.49. The number of para-hydroxylation sites is 2. The maximum Gasteiger partial charge on any atom is 0.351 e. The Kier molecular flexibility index (Phi) is 17.0. The van der Waals surface area contributed by atoms with E-state index >= 15 is 0 Å². The molecule has 4 heterocycles. The van der Waals surface area contributed by atoms with E-state index in [1.54, 1.807) is 11.8 Å². The first-order valence-electron chi connectivity index (χ1n) is 24.6. The molecule has 3 aliphatic heterocycles. The summed E-state index contributed by atoms with van der Waals surface area (Å²) >= 11 is 1.57. The van der Waals surface area contributed by atoms with Crippen LogP contribution in [0, 0.1) is 0 Å². The van der Waals surface area contributed by atoms with Crippen molar-refractivity contribution in [1.82, 2.24) is 9.55 Å². The van der Waals surface area contributed by atoms with Crippen molar-refractivity contribution in [3.8, 4) is 0 Å². The van der Waals surface area contributed by atoms with Crippen LogP contribution in [-0.4, -0.2) is 102 Å².